The number of benzene rings is 1. The first-order valence-corrected chi connectivity index (χ1v) is 5.52. The molecule has 0 spiro atoms. The van der Waals surface area contributed by atoms with Crippen molar-refractivity contribution in [2.45, 2.75) is 18.4 Å². The lowest BCUT2D eigenvalue weighted by atomic mass is 9.78. The Hall–Kier alpha value is -1.37. The normalized spacial score (nSPS) is 23.6. The van der Waals surface area contributed by atoms with E-state index in [0.717, 1.165) is 12.0 Å². The molecule has 6 heteroatoms. The third-order valence-electron chi connectivity index (χ3n) is 3.12. The van der Waals surface area contributed by atoms with Crippen molar-refractivity contribution in [2.75, 3.05) is 6.54 Å². The van der Waals surface area contributed by atoms with Gasteiger partial charge in [-0.15, -0.1) is 0 Å². The molecule has 1 saturated heterocycles. The van der Waals surface area contributed by atoms with Crippen LogP contribution in [0.15, 0.2) is 24.3 Å². The standard InChI is InChI=1S/C11H14BNO4/c14-11(15)10-9(4-5-13-10)7-2-1-3-8(6-7)12(16)17/h1-3,6,9-10,13,16-17H,4-5H2,(H,14,15)/t9-,10+/m1/s1. The predicted octanol–water partition coefficient (Wildman–Crippen LogP) is -1.10. The average Bonchev–Trinajstić information content (AvgIpc) is 2.78. The summed E-state index contributed by atoms with van der Waals surface area (Å²) in [6, 6.07) is 6.19. The number of nitrogens with one attached hydrogen (secondary N) is 1. The van der Waals surface area contributed by atoms with Crippen molar-refractivity contribution in [2.24, 2.45) is 0 Å². The molecule has 1 aliphatic rings. The van der Waals surface area contributed by atoms with E-state index in [9.17, 15) is 4.79 Å². The lowest BCUT2D eigenvalue weighted by molar-refractivity contribution is -0.139. The predicted molar refractivity (Wildman–Crippen MR) is 63.1 cm³/mol. The van der Waals surface area contributed by atoms with E-state index in [0.29, 0.717) is 12.0 Å². The molecule has 5 nitrogen and oxygen atoms in total. The first-order chi connectivity index (χ1) is 8.09. The van der Waals surface area contributed by atoms with Crippen LogP contribution < -0.4 is 10.8 Å². The summed E-state index contributed by atoms with van der Waals surface area (Å²) in [7, 11) is -1.52. The van der Waals surface area contributed by atoms with Crippen LogP contribution in [0.5, 0.6) is 0 Å². The van der Waals surface area contributed by atoms with E-state index in [-0.39, 0.29) is 5.92 Å². The minimum Gasteiger partial charge on any atom is -0.480 e. The minimum absolute atomic E-state index is 0.119. The molecule has 0 unspecified atom stereocenters. The highest BCUT2D eigenvalue weighted by Gasteiger charge is 2.33. The molecule has 0 amide bonds. The molecule has 1 aromatic carbocycles. The van der Waals surface area contributed by atoms with Crippen LogP contribution in [0.3, 0.4) is 0 Å². The van der Waals surface area contributed by atoms with Crippen molar-refractivity contribution in [3.63, 3.8) is 0 Å². The van der Waals surface area contributed by atoms with Crippen LogP contribution in [0, 0.1) is 0 Å². The fourth-order valence-electron chi connectivity index (χ4n) is 2.27. The van der Waals surface area contributed by atoms with Crippen molar-refractivity contribution >= 4 is 18.6 Å². The lowest BCUT2D eigenvalue weighted by Crippen LogP contribution is -2.35. The fraction of sp³-hybridized carbons (Fsp3) is 0.364. The summed E-state index contributed by atoms with van der Waals surface area (Å²) in [5.41, 5.74) is 1.21. The Balaban J connectivity index is 2.27. The summed E-state index contributed by atoms with van der Waals surface area (Å²) in [5, 5.41) is 30.2. The van der Waals surface area contributed by atoms with E-state index < -0.39 is 19.1 Å². The SMILES string of the molecule is O=C(O)[C@H]1NCC[C@@H]1c1cccc(B(O)O)c1. The zero-order chi connectivity index (χ0) is 12.4. The van der Waals surface area contributed by atoms with E-state index in [1.54, 1.807) is 18.2 Å². The molecule has 1 heterocycles. The van der Waals surface area contributed by atoms with Gasteiger partial charge < -0.3 is 20.5 Å². The smallest absolute Gasteiger partial charge is 0.480 e. The van der Waals surface area contributed by atoms with Crippen LogP contribution in [0.1, 0.15) is 17.9 Å². The number of hydrogen-bond donors (Lipinski definition) is 4. The molecule has 1 aromatic rings. The van der Waals surface area contributed by atoms with Crippen molar-refractivity contribution in [1.29, 1.82) is 0 Å². The van der Waals surface area contributed by atoms with Crippen LogP contribution in [0.4, 0.5) is 0 Å². The van der Waals surface area contributed by atoms with Gasteiger partial charge in [0.2, 0.25) is 0 Å². The van der Waals surface area contributed by atoms with Gasteiger partial charge in [0.15, 0.2) is 0 Å². The van der Waals surface area contributed by atoms with E-state index in [2.05, 4.69) is 5.32 Å². The topological polar surface area (TPSA) is 89.8 Å². The Morgan fingerprint density at radius 3 is 2.82 bits per heavy atom. The lowest BCUT2D eigenvalue weighted by Gasteiger charge is -2.16. The van der Waals surface area contributed by atoms with Gasteiger partial charge in [0, 0.05) is 5.92 Å². The molecular weight excluding hydrogens is 221 g/mol. The zero-order valence-corrected chi connectivity index (χ0v) is 9.21. The van der Waals surface area contributed by atoms with Gasteiger partial charge in [-0.25, -0.2) is 0 Å². The van der Waals surface area contributed by atoms with E-state index in [1.165, 1.54) is 0 Å². The van der Waals surface area contributed by atoms with Crippen molar-refractivity contribution < 1.29 is 19.9 Å². The third kappa shape index (κ3) is 2.49. The maximum Gasteiger partial charge on any atom is 0.488 e. The highest BCUT2D eigenvalue weighted by atomic mass is 16.4. The zero-order valence-electron chi connectivity index (χ0n) is 9.21. The van der Waals surface area contributed by atoms with E-state index >= 15 is 0 Å². The number of carboxylic acid groups (broad SMARTS) is 1. The van der Waals surface area contributed by atoms with Crippen LogP contribution in [0.25, 0.3) is 0 Å². The van der Waals surface area contributed by atoms with E-state index in [1.807, 2.05) is 6.07 Å². The maximum atomic E-state index is 11.0. The Bertz CT molecular complexity index is 424. The summed E-state index contributed by atoms with van der Waals surface area (Å²) in [6.45, 7) is 0.660. The molecule has 1 aliphatic heterocycles. The molecule has 2 atom stereocenters. The number of rotatable bonds is 3. The van der Waals surface area contributed by atoms with Gasteiger partial charge in [0.05, 0.1) is 0 Å². The number of carbonyl (C=O) groups is 1. The second-order valence-corrected chi connectivity index (χ2v) is 4.21. The molecule has 90 valence electrons. The molecule has 1 fully saturated rings. The highest BCUT2D eigenvalue weighted by molar-refractivity contribution is 6.58. The molecule has 4 N–H and O–H groups in total. The molecule has 0 aromatic heterocycles. The fourth-order valence-corrected chi connectivity index (χ4v) is 2.27. The van der Waals surface area contributed by atoms with Crippen molar-refractivity contribution in [3.8, 4) is 0 Å². The largest absolute Gasteiger partial charge is 0.488 e. The summed E-state index contributed by atoms with van der Waals surface area (Å²) in [6.07, 6.45) is 0.738. The van der Waals surface area contributed by atoms with Gasteiger partial charge in [-0.1, -0.05) is 24.3 Å². The Labute approximate surface area is 99.2 Å². The van der Waals surface area contributed by atoms with Gasteiger partial charge in [-0.2, -0.15) is 0 Å². The first-order valence-electron chi connectivity index (χ1n) is 5.52. The van der Waals surface area contributed by atoms with E-state index in [4.69, 9.17) is 15.2 Å². The Morgan fingerprint density at radius 1 is 1.41 bits per heavy atom. The summed E-state index contributed by atoms with van der Waals surface area (Å²) < 4.78 is 0. The average molecular weight is 235 g/mol. The number of aliphatic carboxylic acids is 1. The van der Waals surface area contributed by atoms with Crippen LogP contribution >= 0.6 is 0 Å². The molecule has 2 rings (SSSR count). The molecule has 0 radical (unpaired) electrons. The second-order valence-electron chi connectivity index (χ2n) is 4.21. The first kappa shape index (κ1) is 12.1. The van der Waals surface area contributed by atoms with Crippen LogP contribution in [-0.4, -0.2) is 40.8 Å². The Morgan fingerprint density at radius 2 is 2.18 bits per heavy atom. The van der Waals surface area contributed by atoms with Gasteiger partial charge in [0.1, 0.15) is 6.04 Å². The monoisotopic (exact) mass is 235 g/mol. The molecular formula is C11H14BNO4. The summed E-state index contributed by atoms with van der Waals surface area (Å²) in [4.78, 5) is 11.0. The summed E-state index contributed by atoms with van der Waals surface area (Å²) in [5.74, 6) is -0.992. The molecule has 0 aliphatic carbocycles. The summed E-state index contributed by atoms with van der Waals surface area (Å²) >= 11 is 0. The quantitative estimate of drug-likeness (QED) is 0.499. The maximum absolute atomic E-state index is 11.0. The van der Waals surface area contributed by atoms with Crippen molar-refractivity contribution in [3.05, 3.63) is 29.8 Å². The number of carboxylic acids is 1. The van der Waals surface area contributed by atoms with Gasteiger partial charge in [0.25, 0.3) is 0 Å². The van der Waals surface area contributed by atoms with Gasteiger partial charge >= 0.3 is 13.1 Å². The third-order valence-corrected chi connectivity index (χ3v) is 3.12. The molecule has 17 heavy (non-hydrogen) atoms. The van der Waals surface area contributed by atoms with Gasteiger partial charge in [-0.3, -0.25) is 4.79 Å². The Kier molecular flexibility index (Phi) is 3.47. The molecule has 0 bridgehead atoms. The van der Waals surface area contributed by atoms with Crippen molar-refractivity contribution in [1.82, 2.24) is 5.32 Å². The molecule has 0 saturated carbocycles. The van der Waals surface area contributed by atoms with Crippen LogP contribution in [-0.2, 0) is 4.79 Å². The van der Waals surface area contributed by atoms with Crippen LogP contribution in [0.2, 0.25) is 0 Å². The highest BCUT2D eigenvalue weighted by Crippen LogP contribution is 2.27. The number of hydrogen-bond acceptors (Lipinski definition) is 4. The minimum atomic E-state index is -1.52. The van der Waals surface area contributed by atoms with Gasteiger partial charge in [-0.05, 0) is 24.0 Å². The second kappa shape index (κ2) is 4.87.